The molecule has 6 nitrogen and oxygen atoms in total. The molecule has 1 fully saturated rings. The summed E-state index contributed by atoms with van der Waals surface area (Å²) in [6, 6.07) is 11.4. The van der Waals surface area contributed by atoms with Crippen molar-refractivity contribution in [2.75, 3.05) is 23.3 Å². The lowest BCUT2D eigenvalue weighted by Crippen LogP contribution is -2.30. The minimum atomic E-state index is -0.357. The van der Waals surface area contributed by atoms with Crippen LogP contribution >= 0.6 is 0 Å². The lowest BCUT2D eigenvalue weighted by atomic mass is 10.1. The summed E-state index contributed by atoms with van der Waals surface area (Å²) < 4.78 is 1.89. The first-order valence-corrected chi connectivity index (χ1v) is 9.16. The average molecular weight is 349 g/mol. The quantitative estimate of drug-likeness (QED) is 0.781. The number of hydrogen-bond donors (Lipinski definition) is 1. The molecule has 1 aliphatic rings. The summed E-state index contributed by atoms with van der Waals surface area (Å²) in [6.45, 7) is 3.99. The van der Waals surface area contributed by atoms with Gasteiger partial charge in [-0.1, -0.05) is 12.1 Å². The molecule has 1 aliphatic heterocycles. The van der Waals surface area contributed by atoms with E-state index < -0.39 is 0 Å². The van der Waals surface area contributed by atoms with Gasteiger partial charge in [-0.15, -0.1) is 0 Å². The molecule has 0 aliphatic carbocycles. The van der Waals surface area contributed by atoms with Crippen LogP contribution in [0.2, 0.25) is 0 Å². The Balaban J connectivity index is 1.45. The average Bonchev–Trinajstić information content (AvgIpc) is 3.13. The molecule has 3 heterocycles. The zero-order valence-electron chi connectivity index (χ0n) is 14.9. The number of para-hydroxylation sites is 2. The number of nitrogens with one attached hydrogen (secondary N) is 1. The zero-order valence-corrected chi connectivity index (χ0v) is 14.9. The fourth-order valence-corrected chi connectivity index (χ4v) is 3.43. The van der Waals surface area contributed by atoms with Crippen molar-refractivity contribution in [1.29, 1.82) is 0 Å². The monoisotopic (exact) mass is 349 g/mol. The van der Waals surface area contributed by atoms with Gasteiger partial charge in [-0.2, -0.15) is 0 Å². The molecule has 0 bridgehead atoms. The van der Waals surface area contributed by atoms with Crippen molar-refractivity contribution in [1.82, 2.24) is 14.5 Å². The number of aromatic nitrogens is 3. The Kier molecular flexibility index (Phi) is 4.56. The standard InChI is InChI=1S/C20H23N5O/c1-15(25-14-22-17-7-3-4-8-18(17)25)20(26)23-16-9-10-19(21-13-16)24-11-5-2-6-12-24/h3-4,7-10,13-15H,2,5-6,11-12H2,1H3,(H,23,26). The molecule has 134 valence electrons. The van der Waals surface area contributed by atoms with Crippen LogP contribution in [-0.2, 0) is 4.79 Å². The van der Waals surface area contributed by atoms with E-state index in [0.29, 0.717) is 5.69 Å². The molecular formula is C20H23N5O. The minimum absolute atomic E-state index is 0.0827. The highest BCUT2D eigenvalue weighted by molar-refractivity contribution is 5.94. The van der Waals surface area contributed by atoms with Crippen molar-refractivity contribution in [3.63, 3.8) is 0 Å². The third kappa shape index (κ3) is 3.27. The maximum Gasteiger partial charge on any atom is 0.247 e. The number of carbonyl (C=O) groups excluding carboxylic acids is 1. The minimum Gasteiger partial charge on any atom is -0.357 e. The first kappa shape index (κ1) is 16.6. The van der Waals surface area contributed by atoms with E-state index in [1.807, 2.05) is 47.9 Å². The van der Waals surface area contributed by atoms with Crippen LogP contribution in [0.4, 0.5) is 11.5 Å². The maximum atomic E-state index is 12.6. The number of imidazole rings is 1. The smallest absolute Gasteiger partial charge is 0.247 e. The number of nitrogens with zero attached hydrogens (tertiary/aromatic N) is 4. The van der Waals surface area contributed by atoms with Crippen LogP contribution in [0.1, 0.15) is 32.2 Å². The summed E-state index contributed by atoms with van der Waals surface area (Å²) in [5.41, 5.74) is 2.56. The first-order chi connectivity index (χ1) is 12.7. The number of anilines is 2. The van der Waals surface area contributed by atoms with Gasteiger partial charge in [0.1, 0.15) is 11.9 Å². The van der Waals surface area contributed by atoms with Gasteiger partial charge < -0.3 is 14.8 Å². The lowest BCUT2D eigenvalue weighted by molar-refractivity contribution is -0.118. The van der Waals surface area contributed by atoms with E-state index in [1.54, 1.807) is 12.5 Å². The molecule has 1 atom stereocenters. The molecule has 0 radical (unpaired) electrons. The van der Waals surface area contributed by atoms with E-state index in [1.165, 1.54) is 19.3 Å². The second-order valence-corrected chi connectivity index (χ2v) is 6.76. The van der Waals surface area contributed by atoms with Crippen LogP contribution in [0.3, 0.4) is 0 Å². The third-order valence-electron chi connectivity index (χ3n) is 4.97. The molecule has 3 aromatic rings. The van der Waals surface area contributed by atoms with Crippen molar-refractivity contribution in [3.05, 3.63) is 48.9 Å². The van der Waals surface area contributed by atoms with E-state index in [2.05, 4.69) is 20.2 Å². The zero-order chi connectivity index (χ0) is 17.9. The van der Waals surface area contributed by atoms with Gasteiger partial charge in [0.05, 0.1) is 29.2 Å². The summed E-state index contributed by atoms with van der Waals surface area (Å²) in [5.74, 6) is 0.900. The third-order valence-corrected chi connectivity index (χ3v) is 4.97. The van der Waals surface area contributed by atoms with Crippen molar-refractivity contribution in [3.8, 4) is 0 Å². The molecule has 1 unspecified atom stereocenters. The summed E-state index contributed by atoms with van der Waals surface area (Å²) in [5, 5.41) is 2.96. The molecule has 1 amide bonds. The van der Waals surface area contributed by atoms with Crippen LogP contribution in [-0.4, -0.2) is 33.5 Å². The van der Waals surface area contributed by atoms with Gasteiger partial charge in [-0.3, -0.25) is 4.79 Å². The molecule has 0 spiro atoms. The SMILES string of the molecule is CC(C(=O)Nc1ccc(N2CCCCC2)nc1)n1cnc2ccccc21. The van der Waals surface area contributed by atoms with E-state index in [9.17, 15) is 4.79 Å². The normalized spacial score (nSPS) is 15.8. The Morgan fingerprint density at radius 2 is 1.88 bits per heavy atom. The summed E-state index contributed by atoms with van der Waals surface area (Å²) in [6.07, 6.45) is 7.19. The van der Waals surface area contributed by atoms with Gasteiger partial charge in [0, 0.05) is 13.1 Å². The van der Waals surface area contributed by atoms with Crippen LogP contribution < -0.4 is 10.2 Å². The molecular weight excluding hydrogens is 326 g/mol. The highest BCUT2D eigenvalue weighted by atomic mass is 16.2. The van der Waals surface area contributed by atoms with E-state index in [0.717, 1.165) is 29.9 Å². The molecule has 0 saturated carbocycles. The molecule has 2 aromatic heterocycles. The lowest BCUT2D eigenvalue weighted by Gasteiger charge is -2.27. The second-order valence-electron chi connectivity index (χ2n) is 6.76. The van der Waals surface area contributed by atoms with E-state index >= 15 is 0 Å². The number of rotatable bonds is 4. The Labute approximate surface area is 152 Å². The topological polar surface area (TPSA) is 63.1 Å². The molecule has 26 heavy (non-hydrogen) atoms. The van der Waals surface area contributed by atoms with Gasteiger partial charge in [0.15, 0.2) is 0 Å². The number of pyridine rings is 1. The molecule has 4 rings (SSSR count). The van der Waals surface area contributed by atoms with Crippen LogP contribution in [0, 0.1) is 0 Å². The number of piperidine rings is 1. The van der Waals surface area contributed by atoms with E-state index in [-0.39, 0.29) is 11.9 Å². The number of carbonyl (C=O) groups is 1. The fourth-order valence-electron chi connectivity index (χ4n) is 3.43. The summed E-state index contributed by atoms with van der Waals surface area (Å²) in [7, 11) is 0. The largest absolute Gasteiger partial charge is 0.357 e. The molecule has 6 heteroatoms. The van der Waals surface area contributed by atoms with Gasteiger partial charge in [0.2, 0.25) is 5.91 Å². The number of fused-ring (bicyclic) bond motifs is 1. The van der Waals surface area contributed by atoms with Gasteiger partial charge in [0.25, 0.3) is 0 Å². The number of hydrogen-bond acceptors (Lipinski definition) is 4. The van der Waals surface area contributed by atoms with Crippen molar-refractivity contribution in [2.45, 2.75) is 32.2 Å². The van der Waals surface area contributed by atoms with E-state index in [4.69, 9.17) is 0 Å². The first-order valence-electron chi connectivity index (χ1n) is 9.16. The predicted molar refractivity (Wildman–Crippen MR) is 103 cm³/mol. The van der Waals surface area contributed by atoms with Gasteiger partial charge >= 0.3 is 0 Å². The Bertz CT molecular complexity index is 896. The van der Waals surface area contributed by atoms with Crippen LogP contribution in [0.15, 0.2) is 48.9 Å². The Morgan fingerprint density at radius 1 is 1.08 bits per heavy atom. The van der Waals surface area contributed by atoms with Gasteiger partial charge in [-0.05, 0) is 50.5 Å². The number of amides is 1. The predicted octanol–water partition coefficient (Wildman–Crippen LogP) is 3.62. The second kappa shape index (κ2) is 7.15. The molecule has 1 N–H and O–H groups in total. The Hall–Kier alpha value is -2.89. The Morgan fingerprint density at radius 3 is 2.65 bits per heavy atom. The molecule has 1 saturated heterocycles. The van der Waals surface area contributed by atoms with Crippen molar-refractivity contribution < 1.29 is 4.79 Å². The fraction of sp³-hybridized carbons (Fsp3) is 0.350. The van der Waals surface area contributed by atoms with Crippen molar-refractivity contribution >= 4 is 28.4 Å². The number of benzene rings is 1. The van der Waals surface area contributed by atoms with Crippen LogP contribution in [0.5, 0.6) is 0 Å². The van der Waals surface area contributed by atoms with Crippen LogP contribution in [0.25, 0.3) is 11.0 Å². The van der Waals surface area contributed by atoms with Gasteiger partial charge in [-0.25, -0.2) is 9.97 Å². The highest BCUT2D eigenvalue weighted by Gasteiger charge is 2.18. The molecule has 1 aromatic carbocycles. The van der Waals surface area contributed by atoms with Crippen molar-refractivity contribution in [2.24, 2.45) is 0 Å². The summed E-state index contributed by atoms with van der Waals surface area (Å²) in [4.78, 5) is 23.8. The maximum absolute atomic E-state index is 12.6. The highest BCUT2D eigenvalue weighted by Crippen LogP contribution is 2.21. The summed E-state index contributed by atoms with van der Waals surface area (Å²) >= 11 is 0.